The van der Waals surface area contributed by atoms with Crippen LogP contribution in [-0.2, 0) is 4.79 Å². The Morgan fingerprint density at radius 1 is 1.40 bits per heavy atom. The van der Waals surface area contributed by atoms with Gasteiger partial charge in [0.05, 0.1) is 5.41 Å². The summed E-state index contributed by atoms with van der Waals surface area (Å²) in [7, 11) is 0. The van der Waals surface area contributed by atoms with Crippen molar-refractivity contribution in [3.05, 3.63) is 34.3 Å². The van der Waals surface area contributed by atoms with E-state index in [0.717, 1.165) is 11.0 Å². The number of hydrogen-bond donors (Lipinski definition) is 2. The molecule has 1 aromatic rings. The van der Waals surface area contributed by atoms with E-state index in [-0.39, 0.29) is 0 Å². The molecule has 2 N–H and O–H groups in total. The molecule has 0 spiro atoms. The first-order valence-electron chi connectivity index (χ1n) is 7.14. The molecule has 0 aliphatic heterocycles. The van der Waals surface area contributed by atoms with E-state index in [0.29, 0.717) is 25.3 Å². The Bertz CT molecular complexity index is 444. The maximum atomic E-state index is 11.4. The standard InChI is InChI=1S/C16H24BrNO2/c1-4-16(5-2,15(19)20)11-18-10-12(3)13-7-6-8-14(17)9-13/h6-9,12,18H,4-5,10-11H2,1-3H3,(H,19,20). The number of rotatable bonds is 8. The van der Waals surface area contributed by atoms with Gasteiger partial charge in [-0.1, -0.05) is 48.8 Å². The molecule has 0 aliphatic carbocycles. The molecule has 0 saturated carbocycles. The van der Waals surface area contributed by atoms with Crippen molar-refractivity contribution in [2.75, 3.05) is 13.1 Å². The van der Waals surface area contributed by atoms with Gasteiger partial charge >= 0.3 is 5.97 Å². The fraction of sp³-hybridized carbons (Fsp3) is 0.562. The van der Waals surface area contributed by atoms with Gasteiger partial charge in [0.25, 0.3) is 0 Å². The van der Waals surface area contributed by atoms with Crippen LogP contribution in [0.25, 0.3) is 0 Å². The number of carboxylic acid groups (broad SMARTS) is 1. The summed E-state index contributed by atoms with van der Waals surface area (Å²) < 4.78 is 1.07. The molecule has 1 unspecified atom stereocenters. The van der Waals surface area contributed by atoms with E-state index in [9.17, 15) is 9.90 Å². The second-order valence-corrected chi connectivity index (χ2v) is 6.30. The molecular weight excluding hydrogens is 318 g/mol. The zero-order valence-electron chi connectivity index (χ0n) is 12.4. The van der Waals surface area contributed by atoms with Crippen molar-refractivity contribution in [1.82, 2.24) is 5.32 Å². The molecule has 0 fully saturated rings. The van der Waals surface area contributed by atoms with Crippen LogP contribution in [0, 0.1) is 5.41 Å². The zero-order valence-corrected chi connectivity index (χ0v) is 14.0. The maximum absolute atomic E-state index is 11.4. The van der Waals surface area contributed by atoms with Crippen molar-refractivity contribution in [2.24, 2.45) is 5.41 Å². The first kappa shape index (κ1) is 17.2. The predicted molar refractivity (Wildman–Crippen MR) is 86.1 cm³/mol. The van der Waals surface area contributed by atoms with E-state index < -0.39 is 11.4 Å². The van der Waals surface area contributed by atoms with Gasteiger partial charge in [0, 0.05) is 17.6 Å². The Kier molecular flexibility index (Phi) is 6.69. The SMILES string of the molecule is CCC(CC)(CNCC(C)c1cccc(Br)c1)C(=O)O. The van der Waals surface area contributed by atoms with Gasteiger partial charge in [-0.05, 0) is 36.5 Å². The summed E-state index contributed by atoms with van der Waals surface area (Å²) in [5.74, 6) is -0.349. The van der Waals surface area contributed by atoms with Crippen LogP contribution in [0.2, 0.25) is 0 Å². The second kappa shape index (κ2) is 7.79. The van der Waals surface area contributed by atoms with Gasteiger partial charge in [0.15, 0.2) is 0 Å². The lowest BCUT2D eigenvalue weighted by Gasteiger charge is -2.27. The van der Waals surface area contributed by atoms with Gasteiger partial charge < -0.3 is 10.4 Å². The minimum Gasteiger partial charge on any atom is -0.481 e. The van der Waals surface area contributed by atoms with Crippen LogP contribution in [-0.4, -0.2) is 24.2 Å². The minimum atomic E-state index is -0.704. The van der Waals surface area contributed by atoms with Crippen molar-refractivity contribution in [3.8, 4) is 0 Å². The Labute approximate surface area is 129 Å². The molecule has 0 saturated heterocycles. The third-order valence-corrected chi connectivity index (χ3v) is 4.63. The average Bonchev–Trinajstić information content (AvgIpc) is 2.43. The third-order valence-electron chi connectivity index (χ3n) is 4.14. The van der Waals surface area contributed by atoms with Crippen molar-refractivity contribution >= 4 is 21.9 Å². The average molecular weight is 342 g/mol. The Balaban J connectivity index is 2.57. The first-order chi connectivity index (χ1) is 9.45. The number of carbonyl (C=O) groups is 1. The smallest absolute Gasteiger partial charge is 0.310 e. The normalized spacial score (nSPS) is 13.2. The van der Waals surface area contributed by atoms with Crippen LogP contribution < -0.4 is 5.32 Å². The molecule has 3 nitrogen and oxygen atoms in total. The predicted octanol–water partition coefficient (Wildman–Crippen LogP) is 4.03. The molecule has 0 bridgehead atoms. The van der Waals surface area contributed by atoms with Gasteiger partial charge in [-0.3, -0.25) is 4.79 Å². The van der Waals surface area contributed by atoms with E-state index in [1.807, 2.05) is 26.0 Å². The summed E-state index contributed by atoms with van der Waals surface area (Å²) in [5.41, 5.74) is 0.609. The van der Waals surface area contributed by atoms with Gasteiger partial charge in [0.2, 0.25) is 0 Å². The first-order valence-corrected chi connectivity index (χ1v) is 7.94. The molecule has 0 amide bonds. The molecule has 112 valence electrons. The van der Waals surface area contributed by atoms with Crippen LogP contribution in [0.3, 0.4) is 0 Å². The molecular formula is C16H24BrNO2. The number of carboxylic acids is 1. The van der Waals surface area contributed by atoms with Crippen LogP contribution >= 0.6 is 15.9 Å². The highest BCUT2D eigenvalue weighted by Crippen LogP contribution is 2.26. The molecule has 0 aliphatic rings. The summed E-state index contributed by atoms with van der Waals surface area (Å²) in [4.78, 5) is 11.4. The Morgan fingerprint density at radius 2 is 2.05 bits per heavy atom. The third kappa shape index (κ3) is 4.32. The highest BCUT2D eigenvalue weighted by atomic mass is 79.9. The summed E-state index contributed by atoms with van der Waals surface area (Å²) in [6, 6.07) is 8.24. The summed E-state index contributed by atoms with van der Waals surface area (Å²) >= 11 is 3.47. The lowest BCUT2D eigenvalue weighted by atomic mass is 9.82. The van der Waals surface area contributed by atoms with E-state index >= 15 is 0 Å². The second-order valence-electron chi connectivity index (χ2n) is 5.38. The Morgan fingerprint density at radius 3 is 2.55 bits per heavy atom. The molecule has 4 heteroatoms. The molecule has 0 heterocycles. The van der Waals surface area contributed by atoms with E-state index in [1.54, 1.807) is 0 Å². The topological polar surface area (TPSA) is 49.3 Å². The fourth-order valence-corrected chi connectivity index (χ4v) is 2.75. The van der Waals surface area contributed by atoms with Crippen LogP contribution in [0.4, 0.5) is 0 Å². The molecule has 0 aromatic heterocycles. The lowest BCUT2D eigenvalue weighted by Crippen LogP contribution is -2.41. The van der Waals surface area contributed by atoms with Crippen molar-refractivity contribution in [3.63, 3.8) is 0 Å². The molecule has 1 rings (SSSR count). The number of halogens is 1. The highest BCUT2D eigenvalue weighted by molar-refractivity contribution is 9.10. The minimum absolute atomic E-state index is 0.354. The van der Waals surface area contributed by atoms with Crippen molar-refractivity contribution in [2.45, 2.75) is 39.5 Å². The zero-order chi connectivity index (χ0) is 15.2. The van der Waals surface area contributed by atoms with Crippen LogP contribution in [0.5, 0.6) is 0 Å². The van der Waals surface area contributed by atoms with Gasteiger partial charge in [-0.25, -0.2) is 0 Å². The molecule has 0 radical (unpaired) electrons. The lowest BCUT2D eigenvalue weighted by molar-refractivity contribution is -0.149. The fourth-order valence-electron chi connectivity index (χ4n) is 2.34. The number of nitrogens with one attached hydrogen (secondary N) is 1. The highest BCUT2D eigenvalue weighted by Gasteiger charge is 2.34. The number of hydrogen-bond acceptors (Lipinski definition) is 2. The van der Waals surface area contributed by atoms with Gasteiger partial charge in [0.1, 0.15) is 0 Å². The van der Waals surface area contributed by atoms with Crippen molar-refractivity contribution in [1.29, 1.82) is 0 Å². The quantitative estimate of drug-likeness (QED) is 0.750. The summed E-state index contributed by atoms with van der Waals surface area (Å²) in [6.45, 7) is 7.34. The van der Waals surface area contributed by atoms with E-state index in [1.165, 1.54) is 5.56 Å². The summed E-state index contributed by atoms with van der Waals surface area (Å²) in [5, 5.41) is 12.7. The van der Waals surface area contributed by atoms with E-state index in [2.05, 4.69) is 40.3 Å². The van der Waals surface area contributed by atoms with E-state index in [4.69, 9.17) is 0 Å². The monoisotopic (exact) mass is 341 g/mol. The Hall–Kier alpha value is -0.870. The summed E-state index contributed by atoms with van der Waals surface area (Å²) in [6.07, 6.45) is 1.30. The molecule has 1 atom stereocenters. The van der Waals surface area contributed by atoms with Crippen molar-refractivity contribution < 1.29 is 9.90 Å². The van der Waals surface area contributed by atoms with Crippen LogP contribution in [0.15, 0.2) is 28.7 Å². The maximum Gasteiger partial charge on any atom is 0.310 e. The largest absolute Gasteiger partial charge is 0.481 e. The number of benzene rings is 1. The number of aliphatic carboxylic acids is 1. The van der Waals surface area contributed by atoms with Gasteiger partial charge in [-0.2, -0.15) is 0 Å². The van der Waals surface area contributed by atoms with Crippen LogP contribution in [0.1, 0.15) is 45.1 Å². The molecule has 1 aromatic carbocycles. The van der Waals surface area contributed by atoms with Gasteiger partial charge in [-0.15, -0.1) is 0 Å². The molecule has 20 heavy (non-hydrogen) atoms.